The molecule has 4 aromatic carbocycles. The van der Waals surface area contributed by atoms with Crippen LogP contribution in [0.5, 0.6) is 5.75 Å². The van der Waals surface area contributed by atoms with E-state index in [1.54, 1.807) is 17.8 Å². The topological polar surface area (TPSA) is 189 Å². The van der Waals surface area contributed by atoms with Crippen molar-refractivity contribution >= 4 is 67.0 Å². The molecule has 5 aromatic rings. The number of carbonyl (C=O) groups is 4. The molecule has 14 nitrogen and oxygen atoms in total. The highest BCUT2D eigenvalue weighted by molar-refractivity contribution is 7.92. The molecule has 2 aliphatic heterocycles. The second-order valence-electron chi connectivity index (χ2n) is 12.3. The molecule has 0 radical (unpaired) electrons. The summed E-state index contributed by atoms with van der Waals surface area (Å²) in [4.78, 5) is 61.6. The van der Waals surface area contributed by atoms with E-state index in [0.29, 0.717) is 27.4 Å². The number of aromatic hydroxyl groups is 1. The first-order valence-corrected chi connectivity index (χ1v) is 16.9. The van der Waals surface area contributed by atoms with E-state index >= 15 is 4.39 Å². The van der Waals surface area contributed by atoms with Crippen LogP contribution >= 0.6 is 0 Å². The molecule has 50 heavy (non-hydrogen) atoms. The first-order valence-electron chi connectivity index (χ1n) is 15.5. The van der Waals surface area contributed by atoms with Crippen LogP contribution in [0.3, 0.4) is 0 Å². The van der Waals surface area contributed by atoms with Crippen LogP contribution in [0, 0.1) is 5.82 Å². The summed E-state index contributed by atoms with van der Waals surface area (Å²) in [7, 11) is -2.71. The van der Waals surface area contributed by atoms with Crippen molar-refractivity contribution in [2.24, 2.45) is 7.05 Å². The van der Waals surface area contributed by atoms with E-state index in [9.17, 15) is 37.5 Å². The third kappa shape index (κ3) is 5.83. The number of phenols is 1. The van der Waals surface area contributed by atoms with E-state index in [0.717, 1.165) is 22.8 Å². The number of halogens is 1. The smallest absolute Gasteiger partial charge is 0.329 e. The number of hydrogen-bond donors (Lipinski definition) is 4. The van der Waals surface area contributed by atoms with E-state index in [4.69, 9.17) is 0 Å². The van der Waals surface area contributed by atoms with Gasteiger partial charge in [-0.15, -0.1) is 0 Å². The summed E-state index contributed by atoms with van der Waals surface area (Å²) < 4.78 is 44.9. The average Bonchev–Trinajstić information content (AvgIpc) is 3.46. The Morgan fingerprint density at radius 2 is 1.66 bits per heavy atom. The fourth-order valence-electron chi connectivity index (χ4n) is 6.45. The number of aromatic nitrogens is 2. The first-order chi connectivity index (χ1) is 23.8. The molecule has 2 fully saturated rings. The first kappa shape index (κ1) is 32.5. The number of amides is 4. The van der Waals surface area contributed by atoms with Gasteiger partial charge in [0.2, 0.25) is 17.7 Å². The summed E-state index contributed by atoms with van der Waals surface area (Å²) >= 11 is 0. The molecule has 16 heteroatoms. The maximum atomic E-state index is 15.4. The number of imidazole rings is 1. The highest BCUT2D eigenvalue weighted by Gasteiger charge is 2.38. The molecule has 1 atom stereocenters. The van der Waals surface area contributed by atoms with Crippen LogP contribution in [-0.4, -0.2) is 52.8 Å². The van der Waals surface area contributed by atoms with Gasteiger partial charge in [0.15, 0.2) is 5.82 Å². The number of benzene rings is 4. The lowest BCUT2D eigenvalue weighted by atomic mass is 10.0. The van der Waals surface area contributed by atoms with Crippen molar-refractivity contribution in [2.45, 2.75) is 31.7 Å². The number of carbonyl (C=O) groups excluding carboxylic acids is 4. The highest BCUT2D eigenvalue weighted by Crippen LogP contribution is 2.39. The minimum Gasteiger partial charge on any atom is -0.506 e. The van der Waals surface area contributed by atoms with Crippen LogP contribution in [0.4, 0.5) is 15.8 Å². The zero-order valence-corrected chi connectivity index (χ0v) is 27.2. The Hall–Kier alpha value is -6.03. The molecule has 1 unspecified atom stereocenters. The van der Waals surface area contributed by atoms with Gasteiger partial charge < -0.3 is 10.4 Å². The van der Waals surface area contributed by atoms with E-state index in [1.807, 2.05) is 36.4 Å². The number of rotatable bonds is 7. The standard InChI is InChI=1S/C34H29FN6O8S/c1-39-26-13-20(6-9-24(26)41(34(39)47)25-10-11-28(43)37-33(25)46)12-18-2-4-19(5-3-18)14-29(44)36-22-7-8-23-21(15-22)16-27(42)32(31(23)35)40-17-30(45)38-50(40,48)49/h2-9,13,15-16,25,42H,10-12,14,17H2,1H3,(H,36,44)(H,38,45)(H,37,43,46). The summed E-state index contributed by atoms with van der Waals surface area (Å²) in [6, 6.07) is 17.6. The number of hydrogen-bond acceptors (Lipinski definition) is 8. The average molecular weight is 701 g/mol. The van der Waals surface area contributed by atoms with Gasteiger partial charge in [-0.25, -0.2) is 18.2 Å². The van der Waals surface area contributed by atoms with Crippen LogP contribution in [0.1, 0.15) is 35.6 Å². The lowest BCUT2D eigenvalue weighted by Gasteiger charge is -2.21. The predicted octanol–water partition coefficient (Wildman–Crippen LogP) is 2.27. The van der Waals surface area contributed by atoms with E-state index in [1.165, 1.54) is 27.3 Å². The lowest BCUT2D eigenvalue weighted by molar-refractivity contribution is -0.135. The van der Waals surface area contributed by atoms with Gasteiger partial charge in [0.25, 0.3) is 5.91 Å². The molecule has 3 heterocycles. The minimum atomic E-state index is -4.35. The normalized spacial score (nSPS) is 17.3. The summed E-state index contributed by atoms with van der Waals surface area (Å²) in [6.45, 7) is -0.672. The molecular weight excluding hydrogens is 671 g/mol. The Morgan fingerprint density at radius 1 is 0.940 bits per heavy atom. The zero-order valence-electron chi connectivity index (χ0n) is 26.4. The van der Waals surface area contributed by atoms with Gasteiger partial charge in [0.1, 0.15) is 24.0 Å². The molecule has 2 saturated heterocycles. The molecule has 4 N–H and O–H groups in total. The van der Waals surface area contributed by atoms with Crippen molar-refractivity contribution in [1.29, 1.82) is 0 Å². The number of aryl methyl sites for hydroxylation is 1. The SMILES string of the molecule is Cn1c(=O)n(C2CCC(=O)NC2=O)c2ccc(Cc3ccc(CC(=O)Nc4ccc5c(F)c(N6CC(=O)NS6(=O)=O)c(O)cc5c4)cc3)cc21. The highest BCUT2D eigenvalue weighted by atomic mass is 32.2. The number of piperidine rings is 1. The largest absolute Gasteiger partial charge is 0.506 e. The molecular formula is C34H29FN6O8S. The summed E-state index contributed by atoms with van der Waals surface area (Å²) in [5.41, 5.74) is 3.21. The van der Waals surface area contributed by atoms with Gasteiger partial charge in [-0.05, 0) is 71.3 Å². The third-order valence-corrected chi connectivity index (χ3v) is 10.2. The van der Waals surface area contributed by atoms with Crippen molar-refractivity contribution in [1.82, 2.24) is 19.2 Å². The van der Waals surface area contributed by atoms with Gasteiger partial charge >= 0.3 is 15.9 Å². The summed E-state index contributed by atoms with van der Waals surface area (Å²) in [5, 5.41) is 15.7. The van der Waals surface area contributed by atoms with E-state index in [2.05, 4.69) is 10.6 Å². The van der Waals surface area contributed by atoms with Gasteiger partial charge in [-0.2, -0.15) is 8.42 Å². The molecule has 2 aliphatic rings. The van der Waals surface area contributed by atoms with Crippen molar-refractivity contribution < 1.29 is 37.1 Å². The van der Waals surface area contributed by atoms with Gasteiger partial charge in [-0.1, -0.05) is 30.3 Å². The van der Waals surface area contributed by atoms with Crippen molar-refractivity contribution in [2.75, 3.05) is 16.2 Å². The van der Waals surface area contributed by atoms with Crippen LogP contribution in [0.2, 0.25) is 0 Å². The third-order valence-electron chi connectivity index (χ3n) is 8.86. The zero-order chi connectivity index (χ0) is 35.5. The van der Waals surface area contributed by atoms with Crippen molar-refractivity contribution in [3.8, 4) is 5.75 Å². The maximum Gasteiger partial charge on any atom is 0.329 e. The number of phenolic OH excluding ortho intramolecular Hbond substituents is 1. The quantitative estimate of drug-likeness (QED) is 0.186. The van der Waals surface area contributed by atoms with Crippen molar-refractivity contribution in [3.05, 3.63) is 99.7 Å². The Balaban J connectivity index is 1.02. The Labute approximate surface area is 283 Å². The second-order valence-corrected chi connectivity index (χ2v) is 13.8. The second kappa shape index (κ2) is 12.1. The molecule has 1 aromatic heterocycles. The molecule has 256 valence electrons. The number of fused-ring (bicyclic) bond motifs is 2. The number of nitrogens with one attached hydrogen (secondary N) is 3. The van der Waals surface area contributed by atoms with Crippen LogP contribution in [-0.2, 0) is 49.3 Å². The molecule has 7 rings (SSSR count). The number of anilines is 2. The Bertz CT molecular complexity index is 2460. The predicted molar refractivity (Wildman–Crippen MR) is 180 cm³/mol. The summed E-state index contributed by atoms with van der Waals surface area (Å²) in [5.74, 6) is -3.77. The fraction of sp³-hybridized carbons (Fsp3) is 0.206. The molecule has 0 aliphatic carbocycles. The fourth-order valence-corrected chi connectivity index (χ4v) is 7.61. The molecule has 4 amide bonds. The van der Waals surface area contributed by atoms with Crippen LogP contribution in [0.15, 0.2) is 71.5 Å². The number of imide groups is 1. The van der Waals surface area contributed by atoms with Crippen LogP contribution < -0.4 is 25.4 Å². The van der Waals surface area contributed by atoms with Gasteiger partial charge in [0, 0.05) is 24.5 Å². The molecule has 0 bridgehead atoms. The van der Waals surface area contributed by atoms with Crippen LogP contribution in [0.25, 0.3) is 21.8 Å². The molecule has 0 spiro atoms. The maximum absolute atomic E-state index is 15.4. The lowest BCUT2D eigenvalue weighted by Crippen LogP contribution is -2.44. The Kier molecular flexibility index (Phi) is 7.89. The Morgan fingerprint density at radius 3 is 2.36 bits per heavy atom. The van der Waals surface area contributed by atoms with Crippen molar-refractivity contribution in [3.63, 3.8) is 0 Å². The van der Waals surface area contributed by atoms with Gasteiger partial charge in [-0.3, -0.25) is 33.6 Å². The molecule has 0 saturated carbocycles. The van der Waals surface area contributed by atoms with Gasteiger partial charge in [0.05, 0.1) is 17.5 Å². The number of nitrogens with zero attached hydrogens (tertiary/aromatic N) is 3. The summed E-state index contributed by atoms with van der Waals surface area (Å²) in [6.07, 6.45) is 0.985. The van der Waals surface area contributed by atoms with E-state index < -0.39 is 51.9 Å². The van der Waals surface area contributed by atoms with E-state index in [-0.39, 0.29) is 47.5 Å². The minimum absolute atomic E-state index is 0.0193. The monoisotopic (exact) mass is 700 g/mol.